The van der Waals surface area contributed by atoms with Gasteiger partial charge in [-0.3, -0.25) is 14.4 Å². The van der Waals surface area contributed by atoms with Gasteiger partial charge in [0, 0.05) is 40.2 Å². The van der Waals surface area contributed by atoms with Crippen LogP contribution in [0.3, 0.4) is 0 Å². The van der Waals surface area contributed by atoms with Crippen molar-refractivity contribution in [3.63, 3.8) is 0 Å². The Morgan fingerprint density at radius 2 is 1.81 bits per heavy atom. The van der Waals surface area contributed by atoms with Crippen molar-refractivity contribution in [2.24, 2.45) is 0 Å². The van der Waals surface area contributed by atoms with E-state index >= 15 is 0 Å². The first-order valence-corrected chi connectivity index (χ1v) is 14.2. The Kier molecular flexibility index (Phi) is 7.96. The molecule has 3 amide bonds. The van der Waals surface area contributed by atoms with E-state index in [1.165, 1.54) is 12.1 Å². The summed E-state index contributed by atoms with van der Waals surface area (Å²) in [6, 6.07) is 13.1. The van der Waals surface area contributed by atoms with E-state index in [0.717, 1.165) is 0 Å². The van der Waals surface area contributed by atoms with Gasteiger partial charge in [0.25, 0.3) is 5.91 Å². The standard InChI is InChI=1S/C31H30Cl2FN3O5/c1-16-4-7-19(34)14-20(16)27-31(22-8-5-18(33)13-24(22)36-29(31)41)23(15-26(39)37-27)21-12-17(32)6-9-25(21)42-30(2,3)28(40)35-10-11-38/h4-9,12-14,23,27,38H,10-11,15H2,1-3H3,(H,35,40)(H,36,41)(H,37,39)/t23-,27+,31?/m1/s1. The summed E-state index contributed by atoms with van der Waals surface area (Å²) >= 11 is 12.8. The number of amides is 3. The van der Waals surface area contributed by atoms with Crippen molar-refractivity contribution in [3.05, 3.63) is 92.7 Å². The molecule has 0 radical (unpaired) electrons. The number of carbonyl (C=O) groups excluding carboxylic acids is 3. The van der Waals surface area contributed by atoms with Gasteiger partial charge in [-0.1, -0.05) is 35.3 Å². The van der Waals surface area contributed by atoms with E-state index in [1.807, 2.05) is 0 Å². The summed E-state index contributed by atoms with van der Waals surface area (Å²) in [5.41, 5.74) is -0.275. The molecule has 2 aliphatic heterocycles. The summed E-state index contributed by atoms with van der Waals surface area (Å²) in [7, 11) is 0. The molecular weight excluding hydrogens is 584 g/mol. The maximum atomic E-state index is 14.7. The number of aliphatic hydroxyl groups is 1. The Morgan fingerprint density at radius 3 is 2.55 bits per heavy atom. The van der Waals surface area contributed by atoms with Gasteiger partial charge >= 0.3 is 0 Å². The van der Waals surface area contributed by atoms with Crippen molar-refractivity contribution in [3.8, 4) is 5.75 Å². The number of aliphatic hydroxyl groups excluding tert-OH is 1. The summed E-state index contributed by atoms with van der Waals surface area (Å²) in [5.74, 6) is -2.37. The molecule has 3 aromatic rings. The maximum absolute atomic E-state index is 14.7. The van der Waals surface area contributed by atoms with Crippen LogP contribution in [0.4, 0.5) is 10.1 Å². The van der Waals surface area contributed by atoms with E-state index in [1.54, 1.807) is 63.2 Å². The predicted molar refractivity (Wildman–Crippen MR) is 157 cm³/mol. The smallest absolute Gasteiger partial charge is 0.263 e. The van der Waals surface area contributed by atoms with Crippen LogP contribution in [0.5, 0.6) is 5.75 Å². The highest BCUT2D eigenvalue weighted by atomic mass is 35.5. The molecule has 2 heterocycles. The second kappa shape index (κ2) is 11.2. The molecule has 4 N–H and O–H groups in total. The van der Waals surface area contributed by atoms with E-state index < -0.39 is 40.6 Å². The van der Waals surface area contributed by atoms with Crippen LogP contribution in [0.15, 0.2) is 54.6 Å². The quantitative estimate of drug-likeness (QED) is 0.301. The average Bonchev–Trinajstić information content (AvgIpc) is 3.21. The summed E-state index contributed by atoms with van der Waals surface area (Å²) in [6.07, 6.45) is -0.131. The van der Waals surface area contributed by atoms with Crippen LogP contribution >= 0.6 is 23.2 Å². The highest BCUT2D eigenvalue weighted by Crippen LogP contribution is 2.59. The van der Waals surface area contributed by atoms with Gasteiger partial charge in [-0.15, -0.1) is 0 Å². The number of benzene rings is 3. The molecule has 3 atom stereocenters. The van der Waals surface area contributed by atoms with Gasteiger partial charge in [-0.05, 0) is 79.9 Å². The Morgan fingerprint density at radius 1 is 1.10 bits per heavy atom. The summed E-state index contributed by atoms with van der Waals surface area (Å²) < 4.78 is 21.0. The number of fused-ring (bicyclic) bond motifs is 2. The lowest BCUT2D eigenvalue weighted by Crippen LogP contribution is -2.57. The van der Waals surface area contributed by atoms with Gasteiger partial charge < -0.3 is 25.8 Å². The highest BCUT2D eigenvalue weighted by Gasteiger charge is 2.62. The maximum Gasteiger partial charge on any atom is 0.263 e. The molecule has 1 fully saturated rings. The molecule has 1 saturated heterocycles. The highest BCUT2D eigenvalue weighted by molar-refractivity contribution is 6.31. The summed E-state index contributed by atoms with van der Waals surface area (Å²) in [4.78, 5) is 40.7. The fourth-order valence-electron chi connectivity index (χ4n) is 6.03. The van der Waals surface area contributed by atoms with E-state index in [2.05, 4.69) is 16.0 Å². The predicted octanol–water partition coefficient (Wildman–Crippen LogP) is 4.94. The zero-order chi connectivity index (χ0) is 30.4. The molecule has 0 bridgehead atoms. The molecule has 8 nitrogen and oxygen atoms in total. The first-order valence-electron chi connectivity index (χ1n) is 13.4. The largest absolute Gasteiger partial charge is 0.478 e. The second-order valence-corrected chi connectivity index (χ2v) is 11.9. The fraction of sp³-hybridized carbons (Fsp3) is 0.323. The molecular formula is C31H30Cl2FN3O5. The average molecular weight is 615 g/mol. The van der Waals surface area contributed by atoms with E-state index in [4.69, 9.17) is 33.0 Å². The number of hydrogen-bond donors (Lipinski definition) is 4. The molecule has 0 aromatic heterocycles. The van der Waals surface area contributed by atoms with Crippen LogP contribution in [0.2, 0.25) is 10.0 Å². The van der Waals surface area contributed by atoms with Crippen LogP contribution in [0.25, 0.3) is 0 Å². The Labute approximate surface area is 252 Å². The van der Waals surface area contributed by atoms with Crippen molar-refractivity contribution in [2.75, 3.05) is 18.5 Å². The SMILES string of the molecule is Cc1ccc(F)cc1[C@@H]1NC(=O)C[C@H](c2cc(Cl)ccc2OC(C)(C)C(=O)NCCO)C12C(=O)Nc1cc(Cl)ccc12. The molecule has 0 saturated carbocycles. The van der Waals surface area contributed by atoms with Crippen LogP contribution < -0.4 is 20.7 Å². The third-order valence-corrected chi connectivity index (χ3v) is 8.43. The van der Waals surface area contributed by atoms with Crippen LogP contribution in [0, 0.1) is 12.7 Å². The minimum Gasteiger partial charge on any atom is -0.478 e. The minimum atomic E-state index is -1.47. The number of halogens is 3. The lowest BCUT2D eigenvalue weighted by molar-refractivity contribution is -0.135. The van der Waals surface area contributed by atoms with Crippen LogP contribution in [0.1, 0.15) is 54.5 Å². The second-order valence-electron chi connectivity index (χ2n) is 11.0. The molecule has 11 heteroatoms. The zero-order valence-corrected chi connectivity index (χ0v) is 24.7. The first kappa shape index (κ1) is 29.8. The van der Waals surface area contributed by atoms with Crippen LogP contribution in [-0.4, -0.2) is 41.6 Å². The zero-order valence-electron chi connectivity index (χ0n) is 23.2. The Bertz CT molecular complexity index is 1600. The number of nitrogens with one attached hydrogen (secondary N) is 3. The van der Waals surface area contributed by atoms with Crippen molar-refractivity contribution < 1.29 is 28.6 Å². The third-order valence-electron chi connectivity index (χ3n) is 7.96. The number of aryl methyl sites for hydroxylation is 1. The number of carbonyl (C=O) groups is 3. The Hall–Kier alpha value is -3.66. The number of anilines is 1. The Balaban J connectivity index is 1.75. The van der Waals surface area contributed by atoms with Crippen molar-refractivity contribution in [2.45, 2.75) is 50.2 Å². The number of ether oxygens (including phenoxy) is 1. The van der Waals surface area contributed by atoms with Gasteiger partial charge in [0.15, 0.2) is 5.60 Å². The molecule has 0 aliphatic carbocycles. The van der Waals surface area contributed by atoms with Crippen LogP contribution in [-0.2, 0) is 19.8 Å². The molecule has 1 spiro atoms. The molecule has 5 rings (SSSR count). The molecule has 2 aliphatic rings. The fourth-order valence-corrected chi connectivity index (χ4v) is 6.38. The van der Waals surface area contributed by atoms with Gasteiger partial charge in [0.1, 0.15) is 17.0 Å². The molecule has 1 unspecified atom stereocenters. The normalized spacial score (nSPS) is 21.5. The molecule has 3 aromatic carbocycles. The number of rotatable bonds is 7. The third kappa shape index (κ3) is 5.10. The molecule has 42 heavy (non-hydrogen) atoms. The van der Waals surface area contributed by atoms with Crippen molar-refractivity contribution in [1.82, 2.24) is 10.6 Å². The topological polar surface area (TPSA) is 117 Å². The molecule has 220 valence electrons. The minimum absolute atomic E-state index is 0.0409. The van der Waals surface area contributed by atoms with Crippen molar-refractivity contribution >= 4 is 46.6 Å². The summed E-state index contributed by atoms with van der Waals surface area (Å²) in [5, 5.41) is 18.4. The lowest BCUT2D eigenvalue weighted by Gasteiger charge is -2.47. The van der Waals surface area contributed by atoms with Gasteiger partial charge in [0.2, 0.25) is 11.8 Å². The van der Waals surface area contributed by atoms with Gasteiger partial charge in [-0.25, -0.2) is 4.39 Å². The van der Waals surface area contributed by atoms with E-state index in [-0.39, 0.29) is 31.2 Å². The first-order chi connectivity index (χ1) is 19.9. The monoisotopic (exact) mass is 613 g/mol. The number of piperidine rings is 1. The summed E-state index contributed by atoms with van der Waals surface area (Å²) in [6.45, 7) is 4.72. The van der Waals surface area contributed by atoms with E-state index in [9.17, 15) is 18.8 Å². The van der Waals surface area contributed by atoms with Gasteiger partial charge in [0.05, 0.1) is 12.6 Å². The van der Waals surface area contributed by atoms with Gasteiger partial charge in [-0.2, -0.15) is 0 Å². The van der Waals surface area contributed by atoms with Crippen molar-refractivity contribution in [1.29, 1.82) is 0 Å². The van der Waals surface area contributed by atoms with E-state index in [0.29, 0.717) is 38.0 Å². The lowest BCUT2D eigenvalue weighted by atomic mass is 9.59. The number of hydrogen-bond acceptors (Lipinski definition) is 5.